The Kier molecular flexibility index (Phi) is 4.85. The van der Waals surface area contributed by atoms with Crippen LogP contribution in [0.3, 0.4) is 0 Å². The largest absolute Gasteiger partial charge is 0.495 e. The average molecular weight is 371 g/mol. The van der Waals surface area contributed by atoms with Gasteiger partial charge in [0.25, 0.3) is 0 Å². The summed E-state index contributed by atoms with van der Waals surface area (Å²) in [5.74, 6) is -1.17. The van der Waals surface area contributed by atoms with Gasteiger partial charge in [-0.2, -0.15) is 13.2 Å². The second-order valence-electron chi connectivity index (χ2n) is 5.56. The van der Waals surface area contributed by atoms with E-state index in [0.29, 0.717) is 35.1 Å². The van der Waals surface area contributed by atoms with Gasteiger partial charge >= 0.3 is 12.1 Å². The highest BCUT2D eigenvalue weighted by Gasteiger charge is 2.46. The number of aromatic nitrogens is 1. The van der Waals surface area contributed by atoms with Gasteiger partial charge in [-0.3, -0.25) is 4.79 Å². The van der Waals surface area contributed by atoms with Crippen molar-refractivity contribution in [1.29, 1.82) is 0 Å². The first-order valence-electron chi connectivity index (χ1n) is 7.63. The number of anilines is 2. The van der Waals surface area contributed by atoms with E-state index in [9.17, 15) is 18.0 Å². The Balaban J connectivity index is 1.78. The van der Waals surface area contributed by atoms with E-state index < -0.39 is 18.1 Å². The lowest BCUT2D eigenvalue weighted by atomic mass is 10.1. The first-order chi connectivity index (χ1) is 11.9. The molecule has 1 aliphatic rings. The minimum Gasteiger partial charge on any atom is -0.495 e. The summed E-state index contributed by atoms with van der Waals surface area (Å²) in [4.78, 5) is 16.8. The molecule has 134 valence electrons. The summed E-state index contributed by atoms with van der Waals surface area (Å²) < 4.78 is 43.4. The van der Waals surface area contributed by atoms with Gasteiger partial charge in [-0.15, -0.1) is 11.3 Å². The van der Waals surface area contributed by atoms with Crippen molar-refractivity contribution in [3.05, 3.63) is 35.3 Å². The molecule has 1 aliphatic heterocycles. The number of para-hydroxylation sites is 2. The molecule has 5 nitrogen and oxygen atoms in total. The Morgan fingerprint density at radius 3 is 2.88 bits per heavy atom. The van der Waals surface area contributed by atoms with Crippen molar-refractivity contribution in [2.75, 3.05) is 19.0 Å². The van der Waals surface area contributed by atoms with Crippen LogP contribution in [0.15, 0.2) is 29.6 Å². The summed E-state index contributed by atoms with van der Waals surface area (Å²) in [7, 11) is 1.55. The van der Waals surface area contributed by atoms with Gasteiger partial charge in [0, 0.05) is 11.9 Å². The maximum absolute atomic E-state index is 12.7. The number of likely N-dealkylation sites (tertiary alicyclic amines) is 1. The van der Waals surface area contributed by atoms with Gasteiger partial charge in [0.2, 0.25) is 0 Å². The van der Waals surface area contributed by atoms with Crippen molar-refractivity contribution in [1.82, 2.24) is 9.88 Å². The molecule has 25 heavy (non-hydrogen) atoms. The molecule has 1 aromatic heterocycles. The van der Waals surface area contributed by atoms with Crippen molar-refractivity contribution in [2.45, 2.75) is 25.1 Å². The number of hydrogen-bond donors (Lipinski definition) is 1. The zero-order valence-corrected chi connectivity index (χ0v) is 14.2. The number of hydrogen-bond acceptors (Lipinski definition) is 5. The third-order valence-electron chi connectivity index (χ3n) is 3.97. The van der Waals surface area contributed by atoms with E-state index in [0.717, 1.165) is 4.90 Å². The standard InChI is InChI=1S/C16H16F3N3O2S/c1-24-13-7-3-2-5-10(13)20-15-21-11(9-25-15)12-6-4-8-22(12)14(23)16(17,18)19/h2-3,5,7,9,12H,4,6,8H2,1H3,(H,20,21). The van der Waals surface area contributed by atoms with Crippen molar-refractivity contribution in [2.24, 2.45) is 0 Å². The average Bonchev–Trinajstić information content (AvgIpc) is 3.22. The molecule has 2 aromatic rings. The minimum absolute atomic E-state index is 0.0931. The van der Waals surface area contributed by atoms with Crippen LogP contribution in [0, 0.1) is 0 Å². The monoisotopic (exact) mass is 371 g/mol. The van der Waals surface area contributed by atoms with Crippen molar-refractivity contribution in [3.63, 3.8) is 0 Å². The summed E-state index contributed by atoms with van der Waals surface area (Å²) in [5.41, 5.74) is 1.18. The first-order valence-corrected chi connectivity index (χ1v) is 8.51. The Morgan fingerprint density at radius 1 is 1.40 bits per heavy atom. The molecule has 1 saturated heterocycles. The van der Waals surface area contributed by atoms with Crippen LogP contribution in [0.5, 0.6) is 5.75 Å². The molecule has 2 heterocycles. The highest BCUT2D eigenvalue weighted by Crippen LogP contribution is 2.37. The number of methoxy groups -OCH3 is 1. The molecule has 0 radical (unpaired) electrons. The third-order valence-corrected chi connectivity index (χ3v) is 4.74. The molecule has 0 spiro atoms. The molecule has 1 unspecified atom stereocenters. The molecule has 3 rings (SSSR count). The van der Waals surface area contributed by atoms with E-state index in [2.05, 4.69) is 10.3 Å². The fraction of sp³-hybridized carbons (Fsp3) is 0.375. The molecule has 1 N–H and O–H groups in total. The molecule has 9 heteroatoms. The SMILES string of the molecule is COc1ccccc1Nc1nc(C2CCCN2C(=O)C(F)(F)F)cs1. The Hall–Kier alpha value is -2.29. The predicted octanol–water partition coefficient (Wildman–Crippen LogP) is 4.12. The third kappa shape index (κ3) is 3.71. The van der Waals surface area contributed by atoms with Gasteiger partial charge in [0.15, 0.2) is 5.13 Å². The van der Waals surface area contributed by atoms with Crippen LogP contribution < -0.4 is 10.1 Å². The smallest absolute Gasteiger partial charge is 0.471 e. The van der Waals surface area contributed by atoms with Gasteiger partial charge in [-0.25, -0.2) is 4.98 Å². The number of carbonyl (C=O) groups is 1. The number of amides is 1. The number of ether oxygens (including phenoxy) is 1. The number of nitrogens with zero attached hydrogens (tertiary/aromatic N) is 2. The topological polar surface area (TPSA) is 54.5 Å². The normalized spacial score (nSPS) is 17.6. The Labute approximate surface area is 146 Å². The van der Waals surface area contributed by atoms with Gasteiger partial charge in [0.05, 0.1) is 24.5 Å². The van der Waals surface area contributed by atoms with Gasteiger partial charge < -0.3 is 15.0 Å². The number of nitrogens with one attached hydrogen (secondary N) is 1. The van der Waals surface area contributed by atoms with Crippen LogP contribution in [0.1, 0.15) is 24.6 Å². The summed E-state index contributed by atoms with van der Waals surface area (Å²) >= 11 is 1.27. The van der Waals surface area contributed by atoms with Crippen molar-refractivity contribution in [3.8, 4) is 5.75 Å². The number of alkyl halides is 3. The summed E-state index contributed by atoms with van der Waals surface area (Å²) in [6.45, 7) is 0.0931. The van der Waals surface area contributed by atoms with E-state index in [-0.39, 0.29) is 6.54 Å². The van der Waals surface area contributed by atoms with Crippen LogP contribution >= 0.6 is 11.3 Å². The molecule has 0 bridgehead atoms. The summed E-state index contributed by atoms with van der Waals surface area (Å²) in [6.07, 6.45) is -3.87. The lowest BCUT2D eigenvalue weighted by Gasteiger charge is -2.24. The fourth-order valence-electron chi connectivity index (χ4n) is 2.84. The Morgan fingerprint density at radius 2 is 2.16 bits per heavy atom. The van der Waals surface area contributed by atoms with Crippen molar-refractivity contribution < 1.29 is 22.7 Å². The van der Waals surface area contributed by atoms with Crippen molar-refractivity contribution >= 4 is 28.1 Å². The second kappa shape index (κ2) is 6.91. The molecule has 1 fully saturated rings. The number of rotatable bonds is 4. The predicted molar refractivity (Wildman–Crippen MR) is 88.1 cm³/mol. The lowest BCUT2D eigenvalue weighted by Crippen LogP contribution is -2.40. The molecule has 0 aliphatic carbocycles. The van der Waals surface area contributed by atoms with E-state index in [1.807, 2.05) is 18.2 Å². The van der Waals surface area contributed by atoms with E-state index in [1.165, 1.54) is 11.3 Å². The zero-order valence-electron chi connectivity index (χ0n) is 13.3. The Bertz CT molecular complexity index is 763. The lowest BCUT2D eigenvalue weighted by molar-refractivity contribution is -0.186. The quantitative estimate of drug-likeness (QED) is 0.878. The van der Waals surface area contributed by atoms with Crippen LogP contribution in [-0.2, 0) is 4.79 Å². The zero-order chi connectivity index (χ0) is 18.0. The first kappa shape index (κ1) is 17.5. The fourth-order valence-corrected chi connectivity index (χ4v) is 3.61. The number of halogens is 3. The van der Waals surface area contributed by atoms with Gasteiger partial charge in [-0.05, 0) is 25.0 Å². The van der Waals surface area contributed by atoms with E-state index in [1.54, 1.807) is 18.6 Å². The van der Waals surface area contributed by atoms with Gasteiger partial charge in [0.1, 0.15) is 5.75 Å². The highest BCUT2D eigenvalue weighted by atomic mass is 32.1. The summed E-state index contributed by atoms with van der Waals surface area (Å²) in [6, 6.07) is 6.63. The number of benzene rings is 1. The van der Waals surface area contributed by atoms with E-state index >= 15 is 0 Å². The van der Waals surface area contributed by atoms with Crippen LogP contribution in [-0.4, -0.2) is 35.6 Å². The molecule has 1 aromatic carbocycles. The summed E-state index contributed by atoms with van der Waals surface area (Å²) in [5, 5.41) is 5.32. The number of thiazole rings is 1. The maximum atomic E-state index is 12.7. The van der Waals surface area contributed by atoms with Crippen LogP contribution in [0.2, 0.25) is 0 Å². The van der Waals surface area contributed by atoms with Gasteiger partial charge in [-0.1, -0.05) is 12.1 Å². The molecule has 0 saturated carbocycles. The van der Waals surface area contributed by atoms with Crippen LogP contribution in [0.25, 0.3) is 0 Å². The molecular formula is C16H16F3N3O2S. The molecular weight excluding hydrogens is 355 g/mol. The highest BCUT2D eigenvalue weighted by molar-refractivity contribution is 7.13. The second-order valence-corrected chi connectivity index (χ2v) is 6.42. The van der Waals surface area contributed by atoms with Crippen LogP contribution in [0.4, 0.5) is 24.0 Å². The molecule has 1 amide bonds. The minimum atomic E-state index is -4.86. The maximum Gasteiger partial charge on any atom is 0.471 e. The molecule has 1 atom stereocenters. The van der Waals surface area contributed by atoms with E-state index in [4.69, 9.17) is 4.74 Å². The number of carbonyl (C=O) groups excluding carboxylic acids is 1.